The minimum absolute atomic E-state index is 0.00497. The molecule has 2 aliphatic rings. The molecule has 4 rings (SSSR count). The van der Waals surface area contributed by atoms with Crippen molar-refractivity contribution >= 4 is 45.3 Å². The summed E-state index contributed by atoms with van der Waals surface area (Å²) in [5.74, 6) is 0.278. The van der Waals surface area contributed by atoms with Gasteiger partial charge >= 0.3 is 12.1 Å². The molecular weight excluding hydrogens is 615 g/mol. The maximum absolute atomic E-state index is 13.7. The van der Waals surface area contributed by atoms with Crippen molar-refractivity contribution in [2.75, 3.05) is 38.1 Å². The predicted molar refractivity (Wildman–Crippen MR) is 162 cm³/mol. The van der Waals surface area contributed by atoms with Gasteiger partial charge in [0.25, 0.3) is 0 Å². The molecule has 8 nitrogen and oxygen atoms in total. The number of carbonyl (C=O) groups excluding carboxylic acids is 2. The van der Waals surface area contributed by atoms with E-state index in [1.807, 2.05) is 45.9 Å². The normalized spacial score (nSPS) is 21.1. The van der Waals surface area contributed by atoms with E-state index in [9.17, 15) is 14.0 Å². The van der Waals surface area contributed by atoms with E-state index in [-0.39, 0.29) is 35.3 Å². The Kier molecular flexibility index (Phi) is 10.1. The SMILES string of the molecule is CC1CN(C(=O)OC(C)(C)C)C(C)CN1CCCN(C(=O)Nc1ccc(F)c(Cl)c1)C1COc2ccc(Br)cc2C1. The third-order valence-electron chi connectivity index (χ3n) is 7.37. The van der Waals surface area contributed by atoms with Crippen molar-refractivity contribution in [2.45, 2.75) is 71.2 Å². The smallest absolute Gasteiger partial charge is 0.410 e. The van der Waals surface area contributed by atoms with Crippen LogP contribution in [0.25, 0.3) is 0 Å². The second kappa shape index (κ2) is 13.2. The van der Waals surface area contributed by atoms with Crippen LogP contribution in [0.4, 0.5) is 19.7 Å². The lowest BCUT2D eigenvalue weighted by atomic mass is 10.0. The van der Waals surface area contributed by atoms with Crippen molar-refractivity contribution in [3.63, 3.8) is 0 Å². The van der Waals surface area contributed by atoms with Crippen molar-refractivity contribution in [3.8, 4) is 5.75 Å². The van der Waals surface area contributed by atoms with Crippen LogP contribution in [-0.4, -0.2) is 83.3 Å². The molecule has 2 aromatic rings. The number of amides is 3. The third kappa shape index (κ3) is 8.26. The molecule has 3 amide bonds. The number of hydrogen-bond donors (Lipinski definition) is 1. The molecule has 1 N–H and O–H groups in total. The summed E-state index contributed by atoms with van der Waals surface area (Å²) in [6.45, 7) is 12.7. The lowest BCUT2D eigenvalue weighted by Gasteiger charge is -2.44. The Morgan fingerprint density at radius 2 is 1.93 bits per heavy atom. The van der Waals surface area contributed by atoms with E-state index in [1.54, 1.807) is 9.80 Å². The second-order valence-corrected chi connectivity index (χ2v) is 13.2. The maximum Gasteiger partial charge on any atom is 0.410 e. The number of benzene rings is 2. The summed E-state index contributed by atoms with van der Waals surface area (Å²) in [5.41, 5.74) is 0.908. The average Bonchev–Trinajstić information content (AvgIpc) is 2.88. The Balaban J connectivity index is 1.42. The molecule has 2 aromatic carbocycles. The number of ether oxygens (including phenoxy) is 2. The van der Waals surface area contributed by atoms with Crippen molar-refractivity contribution < 1.29 is 23.5 Å². The third-order valence-corrected chi connectivity index (χ3v) is 8.15. The summed E-state index contributed by atoms with van der Waals surface area (Å²) in [7, 11) is 0. The number of rotatable bonds is 6. The van der Waals surface area contributed by atoms with Crippen molar-refractivity contribution in [2.24, 2.45) is 0 Å². The highest BCUT2D eigenvalue weighted by Crippen LogP contribution is 2.30. The molecule has 2 aliphatic heterocycles. The first-order valence-corrected chi connectivity index (χ1v) is 15.2. The van der Waals surface area contributed by atoms with E-state index in [4.69, 9.17) is 21.1 Å². The van der Waals surface area contributed by atoms with Gasteiger partial charge in [-0.25, -0.2) is 14.0 Å². The number of nitrogens with zero attached hydrogens (tertiary/aromatic N) is 3. The first-order chi connectivity index (χ1) is 19.3. The van der Waals surface area contributed by atoms with Gasteiger partial charge in [-0.15, -0.1) is 0 Å². The fourth-order valence-electron chi connectivity index (χ4n) is 5.30. The van der Waals surface area contributed by atoms with Crippen LogP contribution in [0.5, 0.6) is 5.75 Å². The van der Waals surface area contributed by atoms with Crippen LogP contribution in [0.3, 0.4) is 0 Å². The summed E-state index contributed by atoms with van der Waals surface area (Å²) in [4.78, 5) is 32.2. The topological polar surface area (TPSA) is 74.4 Å². The lowest BCUT2D eigenvalue weighted by Crippen LogP contribution is -2.59. The van der Waals surface area contributed by atoms with Gasteiger partial charge in [-0.05, 0) is 89.4 Å². The Labute approximate surface area is 255 Å². The van der Waals surface area contributed by atoms with Crippen molar-refractivity contribution in [1.29, 1.82) is 0 Å². The Morgan fingerprint density at radius 1 is 1.17 bits per heavy atom. The Bertz CT molecular complexity index is 1260. The summed E-state index contributed by atoms with van der Waals surface area (Å²) >= 11 is 9.48. The summed E-state index contributed by atoms with van der Waals surface area (Å²) in [6.07, 6.45) is 1.08. The number of carbonyl (C=O) groups is 2. The van der Waals surface area contributed by atoms with Gasteiger partial charge in [0.2, 0.25) is 0 Å². The molecule has 2 heterocycles. The van der Waals surface area contributed by atoms with Crippen LogP contribution in [0.15, 0.2) is 40.9 Å². The molecule has 0 bridgehead atoms. The minimum atomic E-state index is -0.542. The van der Waals surface area contributed by atoms with Gasteiger partial charge in [-0.2, -0.15) is 0 Å². The van der Waals surface area contributed by atoms with Crippen molar-refractivity contribution in [1.82, 2.24) is 14.7 Å². The van der Waals surface area contributed by atoms with Gasteiger partial charge in [0.1, 0.15) is 23.8 Å². The molecule has 3 unspecified atom stereocenters. The largest absolute Gasteiger partial charge is 0.491 e. The van der Waals surface area contributed by atoms with Crippen LogP contribution < -0.4 is 10.1 Å². The molecular formula is C30H39BrClFN4O4. The number of urea groups is 1. The molecule has 41 heavy (non-hydrogen) atoms. The summed E-state index contributed by atoms with van der Waals surface area (Å²) < 4.78 is 26.3. The standard InChI is InChI=1S/C30H39BrClFN4O4/c1-19-17-37(29(39)41-30(3,4)5)20(2)16-35(19)11-6-12-36(28(38)34-23-8-9-26(33)25(32)15-23)24-14-21-13-22(31)7-10-27(21)40-18-24/h7-10,13,15,19-20,24H,6,11-12,14,16-18H2,1-5H3,(H,34,38). The number of anilines is 1. The second-order valence-electron chi connectivity index (χ2n) is 11.9. The zero-order valence-corrected chi connectivity index (χ0v) is 26.6. The molecule has 224 valence electrons. The average molecular weight is 654 g/mol. The molecule has 0 saturated carbocycles. The zero-order chi connectivity index (χ0) is 29.9. The first-order valence-electron chi connectivity index (χ1n) is 14.0. The van der Waals surface area contributed by atoms with E-state index in [0.29, 0.717) is 38.3 Å². The van der Waals surface area contributed by atoms with E-state index in [0.717, 1.165) is 28.8 Å². The summed E-state index contributed by atoms with van der Waals surface area (Å²) in [5, 5.41) is 2.83. The highest BCUT2D eigenvalue weighted by atomic mass is 79.9. The lowest BCUT2D eigenvalue weighted by molar-refractivity contribution is -0.0107. The van der Waals surface area contributed by atoms with E-state index >= 15 is 0 Å². The van der Waals surface area contributed by atoms with E-state index in [1.165, 1.54) is 18.2 Å². The van der Waals surface area contributed by atoms with Crippen LogP contribution in [0, 0.1) is 5.82 Å². The predicted octanol–water partition coefficient (Wildman–Crippen LogP) is 6.80. The molecule has 1 fully saturated rings. The zero-order valence-electron chi connectivity index (χ0n) is 24.3. The molecule has 11 heteroatoms. The molecule has 0 spiro atoms. The highest BCUT2D eigenvalue weighted by Gasteiger charge is 2.35. The van der Waals surface area contributed by atoms with Crippen LogP contribution in [0.2, 0.25) is 5.02 Å². The van der Waals surface area contributed by atoms with Gasteiger partial charge in [-0.3, -0.25) is 4.90 Å². The van der Waals surface area contributed by atoms with Gasteiger partial charge < -0.3 is 24.6 Å². The van der Waals surface area contributed by atoms with Gasteiger partial charge in [0.05, 0.1) is 11.1 Å². The van der Waals surface area contributed by atoms with Gasteiger partial charge in [0.15, 0.2) is 0 Å². The number of fused-ring (bicyclic) bond motifs is 1. The number of nitrogens with one attached hydrogen (secondary N) is 1. The number of piperazine rings is 1. The molecule has 0 aromatic heterocycles. The fourth-order valence-corrected chi connectivity index (χ4v) is 5.88. The fraction of sp³-hybridized carbons (Fsp3) is 0.533. The van der Waals surface area contributed by atoms with Crippen molar-refractivity contribution in [3.05, 3.63) is 57.3 Å². The minimum Gasteiger partial charge on any atom is -0.491 e. The van der Waals surface area contributed by atoms with E-state index < -0.39 is 11.4 Å². The highest BCUT2D eigenvalue weighted by molar-refractivity contribution is 9.10. The van der Waals surface area contributed by atoms with Crippen LogP contribution in [-0.2, 0) is 11.2 Å². The number of halogens is 3. The molecule has 0 radical (unpaired) electrons. The maximum atomic E-state index is 13.7. The van der Waals surface area contributed by atoms with Gasteiger partial charge in [-0.1, -0.05) is 27.5 Å². The van der Waals surface area contributed by atoms with E-state index in [2.05, 4.69) is 33.1 Å². The Hall–Kier alpha value is -2.56. The van der Waals surface area contributed by atoms with Crippen LogP contribution >= 0.6 is 27.5 Å². The molecule has 3 atom stereocenters. The quantitative estimate of drug-likeness (QED) is 0.371. The number of hydrogen-bond acceptors (Lipinski definition) is 5. The van der Waals surface area contributed by atoms with Crippen LogP contribution in [0.1, 0.15) is 46.6 Å². The van der Waals surface area contributed by atoms with Gasteiger partial charge in [0, 0.05) is 48.4 Å². The Morgan fingerprint density at radius 3 is 2.63 bits per heavy atom. The summed E-state index contributed by atoms with van der Waals surface area (Å²) in [6, 6.07) is 9.69. The molecule has 0 aliphatic carbocycles. The molecule has 1 saturated heterocycles. The monoisotopic (exact) mass is 652 g/mol. The first kappa shape index (κ1) is 31.4.